The number of amides is 1. The van der Waals surface area contributed by atoms with Gasteiger partial charge in [0.25, 0.3) is 5.91 Å². The highest BCUT2D eigenvalue weighted by molar-refractivity contribution is 7.20. The predicted octanol–water partition coefficient (Wildman–Crippen LogP) is 3.55. The molecule has 1 atom stereocenters. The van der Waals surface area contributed by atoms with E-state index in [1.807, 2.05) is 40.3 Å². The van der Waals surface area contributed by atoms with E-state index in [1.54, 1.807) is 17.5 Å². The van der Waals surface area contributed by atoms with Crippen LogP contribution >= 0.6 is 22.7 Å². The maximum absolute atomic E-state index is 12.7. The molecular weight excluding hydrogens is 328 g/mol. The maximum atomic E-state index is 12.7. The molecule has 118 valence electrons. The van der Waals surface area contributed by atoms with Crippen molar-refractivity contribution in [1.29, 1.82) is 0 Å². The molecule has 0 saturated carbocycles. The van der Waals surface area contributed by atoms with Gasteiger partial charge in [-0.15, -0.1) is 22.7 Å². The Labute approximate surface area is 142 Å². The monoisotopic (exact) mass is 344 g/mol. The lowest BCUT2D eigenvalue weighted by atomic mass is 10.1. The largest absolute Gasteiger partial charge is 0.335 e. The number of carbonyl (C=O) groups is 1. The zero-order valence-corrected chi connectivity index (χ0v) is 14.1. The third-order valence-corrected chi connectivity index (χ3v) is 5.97. The highest BCUT2D eigenvalue weighted by Crippen LogP contribution is 2.29. The average molecular weight is 344 g/mol. The first-order chi connectivity index (χ1) is 11.3. The molecule has 7 heteroatoms. The van der Waals surface area contributed by atoms with Crippen LogP contribution in [0.15, 0.2) is 41.6 Å². The maximum Gasteiger partial charge on any atom is 0.273 e. The standard InChI is InChI=1S/C16H16N4OS2/c21-16(13-10-23-15(18-13)14-4-2-8-22-14)19-6-1-3-12(9-19)20-7-5-17-11-20/h2,4-5,7-8,10-12H,1,3,6,9H2/t12-/m0/s1. The van der Waals surface area contributed by atoms with Crippen LogP contribution in [0.4, 0.5) is 0 Å². The molecule has 0 spiro atoms. The van der Waals surface area contributed by atoms with E-state index in [-0.39, 0.29) is 5.91 Å². The molecule has 23 heavy (non-hydrogen) atoms. The Morgan fingerprint density at radius 1 is 1.35 bits per heavy atom. The van der Waals surface area contributed by atoms with E-state index in [4.69, 9.17) is 0 Å². The Bertz CT molecular complexity index is 779. The first-order valence-electron chi connectivity index (χ1n) is 7.57. The molecule has 0 unspecified atom stereocenters. The van der Waals surface area contributed by atoms with Crippen LogP contribution in [-0.2, 0) is 0 Å². The van der Waals surface area contributed by atoms with Crippen molar-refractivity contribution in [3.63, 3.8) is 0 Å². The molecule has 3 aromatic rings. The van der Waals surface area contributed by atoms with Crippen molar-refractivity contribution in [2.75, 3.05) is 13.1 Å². The summed E-state index contributed by atoms with van der Waals surface area (Å²) >= 11 is 3.18. The van der Waals surface area contributed by atoms with Crippen molar-refractivity contribution in [2.24, 2.45) is 0 Å². The van der Waals surface area contributed by atoms with E-state index < -0.39 is 0 Å². The first kappa shape index (κ1) is 14.6. The van der Waals surface area contributed by atoms with Gasteiger partial charge in [0.05, 0.1) is 17.2 Å². The SMILES string of the molecule is O=C(c1csc(-c2cccs2)n1)N1CCC[C@H](n2ccnc2)C1. The van der Waals surface area contributed by atoms with Crippen molar-refractivity contribution in [2.45, 2.75) is 18.9 Å². The van der Waals surface area contributed by atoms with Gasteiger partial charge < -0.3 is 9.47 Å². The van der Waals surface area contributed by atoms with Crippen molar-refractivity contribution < 1.29 is 4.79 Å². The second kappa shape index (κ2) is 6.25. The molecule has 1 saturated heterocycles. The summed E-state index contributed by atoms with van der Waals surface area (Å²) in [5.41, 5.74) is 0.560. The van der Waals surface area contributed by atoms with Gasteiger partial charge in [-0.3, -0.25) is 4.79 Å². The minimum absolute atomic E-state index is 0.0360. The summed E-state index contributed by atoms with van der Waals surface area (Å²) in [6.07, 6.45) is 7.68. The predicted molar refractivity (Wildman–Crippen MR) is 91.8 cm³/mol. The topological polar surface area (TPSA) is 51.0 Å². The van der Waals surface area contributed by atoms with Crippen LogP contribution in [0, 0.1) is 0 Å². The van der Waals surface area contributed by atoms with E-state index in [0.29, 0.717) is 11.7 Å². The number of hydrogen-bond donors (Lipinski definition) is 0. The van der Waals surface area contributed by atoms with Gasteiger partial charge in [-0.2, -0.15) is 0 Å². The van der Waals surface area contributed by atoms with Crippen molar-refractivity contribution in [3.05, 3.63) is 47.3 Å². The summed E-state index contributed by atoms with van der Waals surface area (Å²) in [6.45, 7) is 1.52. The minimum Gasteiger partial charge on any atom is -0.335 e. The number of thiophene rings is 1. The average Bonchev–Trinajstić information content (AvgIpc) is 3.36. The third-order valence-electron chi connectivity index (χ3n) is 4.09. The fraction of sp³-hybridized carbons (Fsp3) is 0.312. The summed E-state index contributed by atoms with van der Waals surface area (Å²) in [4.78, 5) is 24.4. The first-order valence-corrected chi connectivity index (χ1v) is 9.33. The fourth-order valence-corrected chi connectivity index (χ4v) is 4.52. The van der Waals surface area contributed by atoms with Crippen LogP contribution in [-0.4, -0.2) is 38.4 Å². The molecule has 0 aliphatic carbocycles. The molecule has 1 amide bonds. The van der Waals surface area contributed by atoms with Gasteiger partial charge in [-0.1, -0.05) is 6.07 Å². The number of piperidine rings is 1. The number of aromatic nitrogens is 3. The lowest BCUT2D eigenvalue weighted by molar-refractivity contribution is 0.0674. The van der Waals surface area contributed by atoms with E-state index in [1.165, 1.54) is 11.3 Å². The number of imidazole rings is 1. The van der Waals surface area contributed by atoms with Crippen molar-refractivity contribution >= 4 is 28.6 Å². The fourth-order valence-electron chi connectivity index (χ4n) is 2.92. The van der Waals surface area contributed by atoms with E-state index >= 15 is 0 Å². The number of nitrogens with zero attached hydrogens (tertiary/aromatic N) is 4. The molecule has 1 fully saturated rings. The Hall–Kier alpha value is -1.99. The van der Waals surface area contributed by atoms with Crippen LogP contribution < -0.4 is 0 Å². The molecular formula is C16H16N4OS2. The van der Waals surface area contributed by atoms with Gasteiger partial charge in [-0.25, -0.2) is 9.97 Å². The Balaban J connectivity index is 1.50. The summed E-state index contributed by atoms with van der Waals surface area (Å²) in [7, 11) is 0. The molecule has 0 bridgehead atoms. The van der Waals surface area contributed by atoms with Gasteiger partial charge >= 0.3 is 0 Å². The summed E-state index contributed by atoms with van der Waals surface area (Å²) in [5.74, 6) is 0.0360. The highest BCUT2D eigenvalue weighted by Gasteiger charge is 2.26. The number of likely N-dealkylation sites (tertiary alicyclic amines) is 1. The normalized spacial score (nSPS) is 18.3. The number of rotatable bonds is 3. The van der Waals surface area contributed by atoms with Crippen molar-refractivity contribution in [1.82, 2.24) is 19.4 Å². The third kappa shape index (κ3) is 2.94. The minimum atomic E-state index is 0.0360. The molecule has 0 aromatic carbocycles. The molecule has 0 N–H and O–H groups in total. The molecule has 4 heterocycles. The molecule has 3 aromatic heterocycles. The molecule has 1 aliphatic rings. The molecule has 4 rings (SSSR count). The van der Waals surface area contributed by atoms with Crippen molar-refractivity contribution in [3.8, 4) is 9.88 Å². The van der Waals surface area contributed by atoms with Crippen LogP contribution in [0.25, 0.3) is 9.88 Å². The van der Waals surface area contributed by atoms with Gasteiger partial charge in [0.15, 0.2) is 0 Å². The summed E-state index contributed by atoms with van der Waals surface area (Å²) in [6, 6.07) is 4.35. The summed E-state index contributed by atoms with van der Waals surface area (Å²) < 4.78 is 2.09. The van der Waals surface area contributed by atoms with Crippen LogP contribution in [0.5, 0.6) is 0 Å². The van der Waals surface area contributed by atoms with E-state index in [9.17, 15) is 4.79 Å². The lowest BCUT2D eigenvalue weighted by Gasteiger charge is -2.32. The van der Waals surface area contributed by atoms with Crippen LogP contribution in [0.2, 0.25) is 0 Å². The number of carbonyl (C=O) groups excluding carboxylic acids is 1. The number of thiazole rings is 1. The molecule has 1 aliphatic heterocycles. The van der Waals surface area contributed by atoms with Gasteiger partial charge in [-0.05, 0) is 24.3 Å². The Kier molecular flexibility index (Phi) is 3.97. The van der Waals surface area contributed by atoms with E-state index in [0.717, 1.165) is 35.8 Å². The highest BCUT2D eigenvalue weighted by atomic mass is 32.1. The van der Waals surface area contributed by atoms with Crippen LogP contribution in [0.3, 0.4) is 0 Å². The Morgan fingerprint density at radius 2 is 2.30 bits per heavy atom. The van der Waals surface area contributed by atoms with E-state index in [2.05, 4.69) is 14.5 Å². The van der Waals surface area contributed by atoms with Gasteiger partial charge in [0.2, 0.25) is 0 Å². The van der Waals surface area contributed by atoms with Gasteiger partial charge in [0, 0.05) is 30.9 Å². The number of hydrogen-bond acceptors (Lipinski definition) is 5. The molecule has 0 radical (unpaired) electrons. The summed E-state index contributed by atoms with van der Waals surface area (Å²) in [5, 5.41) is 4.82. The van der Waals surface area contributed by atoms with Crippen LogP contribution in [0.1, 0.15) is 29.4 Å². The smallest absolute Gasteiger partial charge is 0.273 e. The second-order valence-corrected chi connectivity index (χ2v) is 7.38. The zero-order valence-electron chi connectivity index (χ0n) is 12.5. The Morgan fingerprint density at radius 3 is 3.09 bits per heavy atom. The lowest BCUT2D eigenvalue weighted by Crippen LogP contribution is -2.40. The quantitative estimate of drug-likeness (QED) is 0.730. The zero-order chi connectivity index (χ0) is 15.6. The van der Waals surface area contributed by atoms with Gasteiger partial charge in [0.1, 0.15) is 10.7 Å². The molecule has 5 nitrogen and oxygen atoms in total. The second-order valence-electron chi connectivity index (χ2n) is 5.57.